The van der Waals surface area contributed by atoms with Crippen molar-refractivity contribution in [2.24, 2.45) is 5.92 Å². The van der Waals surface area contributed by atoms with Crippen LogP contribution in [0.4, 0.5) is 0 Å². The van der Waals surface area contributed by atoms with Crippen LogP contribution in [-0.2, 0) is 6.54 Å². The number of carboxylic acids is 1. The van der Waals surface area contributed by atoms with Gasteiger partial charge in [0, 0.05) is 18.2 Å². The first kappa shape index (κ1) is 12.8. The molecule has 1 rings (SSSR count). The minimum Gasteiger partial charge on any atom is -0.475 e. The van der Waals surface area contributed by atoms with Crippen LogP contribution in [0, 0.1) is 5.92 Å². The Kier molecular flexibility index (Phi) is 4.55. The van der Waals surface area contributed by atoms with E-state index in [9.17, 15) is 4.79 Å². The molecule has 0 aliphatic carbocycles. The lowest BCUT2D eigenvalue weighted by atomic mass is 10.0. The molecule has 0 saturated heterocycles. The molecule has 2 N–H and O–H groups in total. The standard InChI is InChI=1S/C12H19NO3/c1-4-8(2)9(3)13-7-10-5-6-16-11(10)12(14)15/h5-6,8-9,13H,4,7H2,1-3H3,(H,14,15). The summed E-state index contributed by atoms with van der Waals surface area (Å²) in [5.74, 6) is -0.415. The number of hydrogen-bond acceptors (Lipinski definition) is 3. The lowest BCUT2D eigenvalue weighted by molar-refractivity contribution is 0.0660. The second-order valence-electron chi connectivity index (χ2n) is 4.14. The normalized spacial score (nSPS) is 14.7. The summed E-state index contributed by atoms with van der Waals surface area (Å²) in [4.78, 5) is 10.8. The molecule has 2 unspecified atom stereocenters. The van der Waals surface area contributed by atoms with Crippen LogP contribution in [0.5, 0.6) is 0 Å². The molecule has 1 aromatic rings. The molecule has 0 amide bonds. The van der Waals surface area contributed by atoms with E-state index in [0.717, 1.165) is 6.42 Å². The summed E-state index contributed by atoms with van der Waals surface area (Å²) in [5.41, 5.74) is 0.697. The van der Waals surface area contributed by atoms with Crippen molar-refractivity contribution in [3.05, 3.63) is 23.7 Å². The number of aromatic carboxylic acids is 1. The first-order valence-corrected chi connectivity index (χ1v) is 5.59. The van der Waals surface area contributed by atoms with Gasteiger partial charge in [0.25, 0.3) is 0 Å². The molecular formula is C12H19NO3. The van der Waals surface area contributed by atoms with Gasteiger partial charge in [0.05, 0.1) is 6.26 Å². The molecule has 4 nitrogen and oxygen atoms in total. The van der Waals surface area contributed by atoms with E-state index in [1.165, 1.54) is 6.26 Å². The molecule has 0 aliphatic rings. The van der Waals surface area contributed by atoms with Crippen LogP contribution in [0.3, 0.4) is 0 Å². The van der Waals surface area contributed by atoms with E-state index < -0.39 is 5.97 Å². The van der Waals surface area contributed by atoms with Crippen LogP contribution < -0.4 is 5.32 Å². The molecule has 0 aromatic carbocycles. The second kappa shape index (κ2) is 5.70. The van der Waals surface area contributed by atoms with Crippen molar-refractivity contribution in [1.82, 2.24) is 5.32 Å². The third-order valence-corrected chi connectivity index (χ3v) is 3.05. The van der Waals surface area contributed by atoms with Crippen LogP contribution in [0.25, 0.3) is 0 Å². The number of carboxylic acid groups (broad SMARTS) is 1. The smallest absolute Gasteiger partial charge is 0.372 e. The summed E-state index contributed by atoms with van der Waals surface area (Å²) in [6.07, 6.45) is 2.51. The van der Waals surface area contributed by atoms with Crippen molar-refractivity contribution < 1.29 is 14.3 Å². The van der Waals surface area contributed by atoms with Crippen LogP contribution in [0.15, 0.2) is 16.7 Å². The quantitative estimate of drug-likeness (QED) is 0.780. The predicted molar refractivity (Wildman–Crippen MR) is 61.4 cm³/mol. The Morgan fingerprint density at radius 2 is 2.25 bits per heavy atom. The zero-order chi connectivity index (χ0) is 12.1. The summed E-state index contributed by atoms with van der Waals surface area (Å²) in [6.45, 7) is 6.95. The molecule has 0 bridgehead atoms. The molecular weight excluding hydrogens is 206 g/mol. The summed E-state index contributed by atoms with van der Waals surface area (Å²) < 4.78 is 4.91. The third kappa shape index (κ3) is 3.10. The van der Waals surface area contributed by atoms with Gasteiger partial charge in [0.2, 0.25) is 5.76 Å². The summed E-state index contributed by atoms with van der Waals surface area (Å²) in [5, 5.41) is 12.2. The highest BCUT2D eigenvalue weighted by molar-refractivity contribution is 5.86. The number of furan rings is 1. The van der Waals surface area contributed by atoms with Gasteiger partial charge in [0.15, 0.2) is 0 Å². The maximum absolute atomic E-state index is 10.8. The molecule has 0 fully saturated rings. The summed E-state index contributed by atoms with van der Waals surface area (Å²) in [6, 6.07) is 2.06. The largest absolute Gasteiger partial charge is 0.475 e. The molecule has 0 radical (unpaired) electrons. The lowest BCUT2D eigenvalue weighted by Gasteiger charge is -2.19. The van der Waals surface area contributed by atoms with Crippen molar-refractivity contribution in [3.8, 4) is 0 Å². The van der Waals surface area contributed by atoms with E-state index in [-0.39, 0.29) is 5.76 Å². The fourth-order valence-corrected chi connectivity index (χ4v) is 1.49. The molecule has 90 valence electrons. The molecule has 4 heteroatoms. The lowest BCUT2D eigenvalue weighted by Crippen LogP contribution is -2.31. The topological polar surface area (TPSA) is 62.5 Å². The van der Waals surface area contributed by atoms with Gasteiger partial charge < -0.3 is 14.8 Å². The van der Waals surface area contributed by atoms with Crippen molar-refractivity contribution in [1.29, 1.82) is 0 Å². The highest BCUT2D eigenvalue weighted by Gasteiger charge is 2.15. The zero-order valence-electron chi connectivity index (χ0n) is 9.99. The van der Waals surface area contributed by atoms with Crippen LogP contribution in [0.1, 0.15) is 43.3 Å². The zero-order valence-corrected chi connectivity index (χ0v) is 9.99. The summed E-state index contributed by atoms with van der Waals surface area (Å²) >= 11 is 0. The van der Waals surface area contributed by atoms with E-state index in [1.807, 2.05) is 0 Å². The van der Waals surface area contributed by atoms with E-state index in [1.54, 1.807) is 6.07 Å². The van der Waals surface area contributed by atoms with Gasteiger partial charge >= 0.3 is 5.97 Å². The molecule has 1 aromatic heterocycles. The Hall–Kier alpha value is -1.29. The molecule has 2 atom stereocenters. The maximum Gasteiger partial charge on any atom is 0.372 e. The van der Waals surface area contributed by atoms with Gasteiger partial charge in [-0.15, -0.1) is 0 Å². The third-order valence-electron chi connectivity index (χ3n) is 3.05. The van der Waals surface area contributed by atoms with Gasteiger partial charge in [-0.3, -0.25) is 0 Å². The first-order chi connectivity index (χ1) is 7.56. The summed E-state index contributed by atoms with van der Waals surface area (Å²) in [7, 11) is 0. The first-order valence-electron chi connectivity index (χ1n) is 5.59. The highest BCUT2D eigenvalue weighted by Crippen LogP contribution is 2.12. The van der Waals surface area contributed by atoms with Crippen LogP contribution in [0.2, 0.25) is 0 Å². The van der Waals surface area contributed by atoms with Crippen LogP contribution >= 0.6 is 0 Å². The Bertz CT molecular complexity index is 346. The number of carbonyl (C=O) groups is 1. The van der Waals surface area contributed by atoms with E-state index in [4.69, 9.17) is 9.52 Å². The average Bonchev–Trinajstić information content (AvgIpc) is 2.72. The molecule has 0 aliphatic heterocycles. The van der Waals surface area contributed by atoms with Crippen LogP contribution in [-0.4, -0.2) is 17.1 Å². The molecule has 0 saturated carbocycles. The Labute approximate surface area is 95.7 Å². The molecule has 1 heterocycles. The maximum atomic E-state index is 10.8. The van der Waals surface area contributed by atoms with Gasteiger partial charge in [-0.1, -0.05) is 20.3 Å². The Morgan fingerprint density at radius 1 is 1.56 bits per heavy atom. The number of nitrogens with one attached hydrogen (secondary N) is 1. The van der Waals surface area contributed by atoms with E-state index >= 15 is 0 Å². The van der Waals surface area contributed by atoms with Crippen molar-refractivity contribution >= 4 is 5.97 Å². The molecule has 0 spiro atoms. The minimum atomic E-state index is -1.02. The monoisotopic (exact) mass is 225 g/mol. The van der Waals surface area contributed by atoms with Crippen molar-refractivity contribution in [2.45, 2.75) is 39.8 Å². The van der Waals surface area contributed by atoms with Gasteiger partial charge in [0.1, 0.15) is 0 Å². The fraction of sp³-hybridized carbons (Fsp3) is 0.583. The molecule has 16 heavy (non-hydrogen) atoms. The predicted octanol–water partition coefficient (Wildman–Crippen LogP) is 2.50. The van der Waals surface area contributed by atoms with Crippen molar-refractivity contribution in [3.63, 3.8) is 0 Å². The average molecular weight is 225 g/mol. The van der Waals surface area contributed by atoms with Gasteiger partial charge in [-0.05, 0) is 18.9 Å². The van der Waals surface area contributed by atoms with E-state index in [2.05, 4.69) is 26.1 Å². The SMILES string of the molecule is CCC(C)C(C)NCc1ccoc1C(=O)O. The number of rotatable bonds is 6. The second-order valence-corrected chi connectivity index (χ2v) is 4.14. The van der Waals surface area contributed by atoms with Crippen molar-refractivity contribution in [2.75, 3.05) is 0 Å². The Balaban J connectivity index is 2.54. The van der Waals surface area contributed by atoms with E-state index in [0.29, 0.717) is 24.1 Å². The van der Waals surface area contributed by atoms with Gasteiger partial charge in [-0.2, -0.15) is 0 Å². The highest BCUT2D eigenvalue weighted by atomic mass is 16.4. The van der Waals surface area contributed by atoms with Gasteiger partial charge in [-0.25, -0.2) is 4.79 Å². The fourth-order valence-electron chi connectivity index (χ4n) is 1.49. The minimum absolute atomic E-state index is 0.0313. The number of hydrogen-bond donors (Lipinski definition) is 2. The Morgan fingerprint density at radius 3 is 2.81 bits per heavy atom.